The number of pyridine rings is 1. The lowest BCUT2D eigenvalue weighted by Gasteiger charge is -2.12. The van der Waals surface area contributed by atoms with Crippen molar-refractivity contribution in [3.05, 3.63) is 18.3 Å². The summed E-state index contributed by atoms with van der Waals surface area (Å²) >= 11 is 1.03. The van der Waals surface area contributed by atoms with E-state index in [1.54, 1.807) is 29.8 Å². The Kier molecular flexibility index (Phi) is 3.70. The topological polar surface area (TPSA) is 111 Å². The summed E-state index contributed by atoms with van der Waals surface area (Å²) in [6, 6.07) is 2.83. The standard InChI is InChI=1S/C11H12N4O3S/c1-6(9(12)18)15-10-7(3-2-4-13-10)14-11(15)19-5-8(16)17/h2-4,6H,5H2,1H3,(H2,12,18)(H,16,17). The van der Waals surface area contributed by atoms with Gasteiger partial charge in [0.1, 0.15) is 11.6 Å². The molecule has 0 saturated carbocycles. The summed E-state index contributed by atoms with van der Waals surface area (Å²) in [6.07, 6.45) is 1.58. The van der Waals surface area contributed by atoms with Gasteiger partial charge >= 0.3 is 5.97 Å². The van der Waals surface area contributed by atoms with Crippen LogP contribution in [0.2, 0.25) is 0 Å². The number of amides is 1. The molecule has 7 nitrogen and oxygen atoms in total. The average Bonchev–Trinajstić information content (AvgIpc) is 2.73. The predicted octanol–water partition coefficient (Wildman–Crippen LogP) is 0.654. The van der Waals surface area contributed by atoms with Gasteiger partial charge in [-0.25, -0.2) is 9.97 Å². The zero-order valence-electron chi connectivity index (χ0n) is 10.1. The Labute approximate surface area is 112 Å². The van der Waals surface area contributed by atoms with Crippen LogP contribution in [0.25, 0.3) is 11.2 Å². The molecule has 0 bridgehead atoms. The van der Waals surface area contributed by atoms with E-state index in [0.29, 0.717) is 16.3 Å². The molecule has 0 saturated heterocycles. The minimum Gasteiger partial charge on any atom is -0.481 e. The molecular weight excluding hydrogens is 268 g/mol. The number of carbonyl (C=O) groups is 2. The van der Waals surface area contributed by atoms with E-state index in [-0.39, 0.29) is 5.75 Å². The van der Waals surface area contributed by atoms with Gasteiger partial charge in [-0.05, 0) is 19.1 Å². The molecule has 19 heavy (non-hydrogen) atoms. The number of hydrogen-bond donors (Lipinski definition) is 2. The van der Waals surface area contributed by atoms with Crippen LogP contribution in [0.4, 0.5) is 0 Å². The Balaban J connectivity index is 2.51. The van der Waals surface area contributed by atoms with Crippen LogP contribution in [-0.2, 0) is 9.59 Å². The van der Waals surface area contributed by atoms with E-state index in [1.807, 2.05) is 0 Å². The van der Waals surface area contributed by atoms with Gasteiger partial charge in [-0.1, -0.05) is 11.8 Å². The fraction of sp³-hybridized carbons (Fsp3) is 0.273. The number of primary amides is 1. The monoisotopic (exact) mass is 280 g/mol. The quantitative estimate of drug-likeness (QED) is 0.778. The molecule has 0 aliphatic rings. The lowest BCUT2D eigenvalue weighted by Crippen LogP contribution is -2.24. The second-order valence-electron chi connectivity index (χ2n) is 3.87. The molecule has 2 heterocycles. The highest BCUT2D eigenvalue weighted by molar-refractivity contribution is 7.99. The third kappa shape index (κ3) is 2.68. The molecule has 0 fully saturated rings. The number of nitrogens with zero attached hydrogens (tertiary/aromatic N) is 3. The zero-order valence-corrected chi connectivity index (χ0v) is 10.9. The van der Waals surface area contributed by atoms with Gasteiger partial charge in [-0.3, -0.25) is 14.2 Å². The highest BCUT2D eigenvalue weighted by Gasteiger charge is 2.21. The summed E-state index contributed by atoms with van der Waals surface area (Å²) in [6.45, 7) is 1.63. The van der Waals surface area contributed by atoms with Crippen molar-refractivity contribution in [2.45, 2.75) is 18.1 Å². The lowest BCUT2D eigenvalue weighted by atomic mass is 10.3. The fourth-order valence-electron chi connectivity index (χ4n) is 1.61. The Morgan fingerprint density at radius 2 is 2.32 bits per heavy atom. The van der Waals surface area contributed by atoms with Crippen molar-refractivity contribution in [2.24, 2.45) is 5.73 Å². The number of aromatic nitrogens is 3. The molecule has 100 valence electrons. The number of carboxylic acids is 1. The van der Waals surface area contributed by atoms with E-state index in [2.05, 4.69) is 9.97 Å². The molecule has 3 N–H and O–H groups in total. The molecule has 8 heteroatoms. The first-order chi connectivity index (χ1) is 9.00. The molecule has 0 aliphatic carbocycles. The van der Waals surface area contributed by atoms with Crippen molar-refractivity contribution in [2.75, 3.05) is 5.75 Å². The molecule has 2 aromatic heterocycles. The van der Waals surface area contributed by atoms with E-state index in [9.17, 15) is 9.59 Å². The highest BCUT2D eigenvalue weighted by atomic mass is 32.2. The Morgan fingerprint density at radius 1 is 1.58 bits per heavy atom. The van der Waals surface area contributed by atoms with Crippen LogP contribution in [0.15, 0.2) is 23.5 Å². The van der Waals surface area contributed by atoms with Gasteiger partial charge < -0.3 is 10.8 Å². The van der Waals surface area contributed by atoms with Crippen LogP contribution in [0.1, 0.15) is 13.0 Å². The maximum atomic E-state index is 11.4. The van der Waals surface area contributed by atoms with E-state index in [0.717, 1.165) is 11.8 Å². The van der Waals surface area contributed by atoms with Gasteiger partial charge in [0.25, 0.3) is 0 Å². The van der Waals surface area contributed by atoms with Crippen molar-refractivity contribution < 1.29 is 14.7 Å². The minimum absolute atomic E-state index is 0.144. The second-order valence-corrected chi connectivity index (χ2v) is 4.81. The first-order valence-electron chi connectivity index (χ1n) is 5.47. The number of fused-ring (bicyclic) bond motifs is 1. The maximum Gasteiger partial charge on any atom is 0.313 e. The van der Waals surface area contributed by atoms with Crippen LogP contribution in [0.5, 0.6) is 0 Å². The Bertz CT molecular complexity index is 640. The van der Waals surface area contributed by atoms with Gasteiger partial charge in [0.05, 0.1) is 5.75 Å². The Hall–Kier alpha value is -2.09. The van der Waals surface area contributed by atoms with Crippen molar-refractivity contribution in [3.63, 3.8) is 0 Å². The van der Waals surface area contributed by atoms with Crippen molar-refractivity contribution in [3.8, 4) is 0 Å². The second kappa shape index (κ2) is 5.27. The minimum atomic E-state index is -0.955. The number of aliphatic carboxylic acids is 1. The van der Waals surface area contributed by atoms with E-state index < -0.39 is 17.9 Å². The van der Waals surface area contributed by atoms with Crippen LogP contribution in [0, 0.1) is 0 Å². The van der Waals surface area contributed by atoms with Crippen LogP contribution < -0.4 is 5.73 Å². The van der Waals surface area contributed by atoms with Crippen molar-refractivity contribution in [1.82, 2.24) is 14.5 Å². The van der Waals surface area contributed by atoms with Crippen LogP contribution >= 0.6 is 11.8 Å². The third-order valence-electron chi connectivity index (χ3n) is 2.54. The molecule has 0 spiro atoms. The Morgan fingerprint density at radius 3 is 2.95 bits per heavy atom. The fourth-order valence-corrected chi connectivity index (χ4v) is 2.41. The number of thioether (sulfide) groups is 1. The summed E-state index contributed by atoms with van der Waals surface area (Å²) < 4.78 is 1.56. The largest absolute Gasteiger partial charge is 0.481 e. The molecule has 2 rings (SSSR count). The highest BCUT2D eigenvalue weighted by Crippen LogP contribution is 2.26. The summed E-state index contributed by atoms with van der Waals surface area (Å²) in [5.41, 5.74) is 6.42. The normalized spacial score (nSPS) is 12.5. The molecule has 0 aromatic carbocycles. The maximum absolute atomic E-state index is 11.4. The number of imidazole rings is 1. The summed E-state index contributed by atoms with van der Waals surface area (Å²) in [5.74, 6) is -1.63. The van der Waals surface area contributed by atoms with Gasteiger partial charge in [0, 0.05) is 6.20 Å². The summed E-state index contributed by atoms with van der Waals surface area (Å²) in [7, 11) is 0. The zero-order chi connectivity index (χ0) is 14.0. The van der Waals surface area contributed by atoms with E-state index in [1.165, 1.54) is 0 Å². The number of hydrogen-bond acceptors (Lipinski definition) is 5. The average molecular weight is 280 g/mol. The number of carboxylic acid groups (broad SMARTS) is 1. The SMILES string of the molecule is CC(C(N)=O)n1c(SCC(=O)O)nc2cccnc21. The van der Waals surface area contributed by atoms with Crippen molar-refractivity contribution in [1.29, 1.82) is 0 Å². The smallest absolute Gasteiger partial charge is 0.313 e. The molecule has 1 unspecified atom stereocenters. The van der Waals surface area contributed by atoms with E-state index >= 15 is 0 Å². The first kappa shape index (κ1) is 13.3. The van der Waals surface area contributed by atoms with Gasteiger partial charge in [-0.2, -0.15) is 0 Å². The van der Waals surface area contributed by atoms with Gasteiger partial charge in [0.2, 0.25) is 5.91 Å². The molecule has 2 aromatic rings. The van der Waals surface area contributed by atoms with Crippen molar-refractivity contribution >= 4 is 34.8 Å². The molecule has 1 amide bonds. The predicted molar refractivity (Wildman–Crippen MR) is 69.8 cm³/mol. The lowest BCUT2D eigenvalue weighted by molar-refractivity contribution is -0.133. The van der Waals surface area contributed by atoms with Gasteiger partial charge in [0.15, 0.2) is 10.8 Å². The molecule has 1 atom stereocenters. The molecule has 0 aliphatic heterocycles. The number of rotatable bonds is 5. The molecule has 0 radical (unpaired) electrons. The van der Waals surface area contributed by atoms with Crippen LogP contribution in [0.3, 0.4) is 0 Å². The summed E-state index contributed by atoms with van der Waals surface area (Å²) in [5, 5.41) is 9.14. The first-order valence-corrected chi connectivity index (χ1v) is 6.46. The third-order valence-corrected chi connectivity index (χ3v) is 3.48. The molecular formula is C11H12N4O3S. The van der Waals surface area contributed by atoms with Crippen LogP contribution in [-0.4, -0.2) is 37.3 Å². The van der Waals surface area contributed by atoms with Gasteiger partial charge in [-0.15, -0.1) is 0 Å². The van der Waals surface area contributed by atoms with E-state index in [4.69, 9.17) is 10.8 Å². The number of carbonyl (C=O) groups excluding carboxylic acids is 1. The summed E-state index contributed by atoms with van der Waals surface area (Å²) in [4.78, 5) is 30.4. The number of nitrogens with two attached hydrogens (primary N) is 1.